The summed E-state index contributed by atoms with van der Waals surface area (Å²) < 4.78 is 12.8. The van der Waals surface area contributed by atoms with Crippen LogP contribution in [-0.4, -0.2) is 39.9 Å². The van der Waals surface area contributed by atoms with E-state index in [2.05, 4.69) is 20.1 Å². The fourth-order valence-electron chi connectivity index (χ4n) is 8.63. The largest absolute Gasteiger partial charge is 0.467 e. The molecule has 9 unspecified atom stereocenters. The minimum absolute atomic E-state index is 0.00547. The smallest absolute Gasteiger partial charge is 0.217 e. The number of carbonyl (C=O) groups excluding carboxylic acids is 3. The summed E-state index contributed by atoms with van der Waals surface area (Å²) in [6.07, 6.45) is 4.14. The lowest BCUT2D eigenvalue weighted by Crippen LogP contribution is -2.58. The van der Waals surface area contributed by atoms with E-state index in [1.54, 1.807) is 19.9 Å². The van der Waals surface area contributed by atoms with Gasteiger partial charge in [-0.3, -0.25) is 14.4 Å². The highest BCUT2D eigenvalue weighted by Crippen LogP contribution is 2.63. The molecule has 0 aromatic carbocycles. The average Bonchev–Trinajstić information content (AvgIpc) is 3.13. The Labute approximate surface area is 214 Å². The number of hydrogen-bond acceptors (Lipinski definition) is 6. The van der Waals surface area contributed by atoms with Crippen LogP contribution in [0.15, 0.2) is 36.1 Å². The minimum Gasteiger partial charge on any atom is -0.467 e. The Morgan fingerprint density at radius 2 is 1.75 bits per heavy atom. The molecule has 9 atom stereocenters. The number of rotatable bonds is 3. The zero-order valence-corrected chi connectivity index (χ0v) is 22.5. The molecule has 36 heavy (non-hydrogen) atoms. The molecule has 2 saturated carbocycles. The number of ketones is 3. The van der Waals surface area contributed by atoms with E-state index in [4.69, 9.17) is 9.47 Å². The maximum absolute atomic E-state index is 14.3. The summed E-state index contributed by atoms with van der Waals surface area (Å²) in [6.45, 7) is 19.3. The molecule has 6 nitrogen and oxygen atoms in total. The lowest BCUT2D eigenvalue weighted by Gasteiger charge is -2.55. The van der Waals surface area contributed by atoms with Crippen molar-refractivity contribution in [3.63, 3.8) is 0 Å². The molecule has 0 radical (unpaired) electrons. The van der Waals surface area contributed by atoms with Gasteiger partial charge < -0.3 is 14.6 Å². The Morgan fingerprint density at radius 1 is 1.08 bits per heavy atom. The van der Waals surface area contributed by atoms with Gasteiger partial charge in [0.1, 0.15) is 22.6 Å². The van der Waals surface area contributed by atoms with Gasteiger partial charge in [0.05, 0.1) is 17.1 Å². The number of aliphatic hydroxyl groups is 1. The molecule has 3 aliphatic carbocycles. The second-order valence-electron chi connectivity index (χ2n) is 13.4. The van der Waals surface area contributed by atoms with Crippen molar-refractivity contribution in [3.8, 4) is 0 Å². The van der Waals surface area contributed by atoms with Gasteiger partial charge in [-0.15, -0.1) is 6.58 Å². The molecule has 0 bridgehead atoms. The Balaban J connectivity index is 1.55. The number of allylic oxidation sites excluding steroid dienone is 2. The van der Waals surface area contributed by atoms with Crippen molar-refractivity contribution in [2.45, 2.75) is 97.6 Å². The molecule has 0 aromatic heterocycles. The molecule has 3 fully saturated rings. The van der Waals surface area contributed by atoms with Gasteiger partial charge >= 0.3 is 0 Å². The van der Waals surface area contributed by atoms with Gasteiger partial charge in [-0.25, -0.2) is 0 Å². The summed E-state index contributed by atoms with van der Waals surface area (Å²) in [5.41, 5.74) is -3.29. The molecular formula is C30H40O6. The monoisotopic (exact) mass is 496 g/mol. The van der Waals surface area contributed by atoms with Crippen LogP contribution < -0.4 is 0 Å². The van der Waals surface area contributed by atoms with E-state index in [0.717, 1.165) is 18.4 Å². The van der Waals surface area contributed by atoms with Crippen molar-refractivity contribution >= 4 is 17.3 Å². The number of carbonyl (C=O) groups is 3. The quantitative estimate of drug-likeness (QED) is 0.562. The highest BCUT2D eigenvalue weighted by Gasteiger charge is 2.72. The van der Waals surface area contributed by atoms with E-state index >= 15 is 0 Å². The van der Waals surface area contributed by atoms with Crippen LogP contribution in [0.25, 0.3) is 0 Å². The molecule has 0 spiro atoms. The zero-order chi connectivity index (χ0) is 26.6. The molecule has 1 N–H and O–H groups in total. The van der Waals surface area contributed by atoms with Crippen molar-refractivity contribution in [1.29, 1.82) is 0 Å². The van der Waals surface area contributed by atoms with Gasteiger partial charge in [-0.1, -0.05) is 38.5 Å². The highest BCUT2D eigenvalue weighted by atomic mass is 16.7. The van der Waals surface area contributed by atoms with Crippen LogP contribution in [0.2, 0.25) is 0 Å². The van der Waals surface area contributed by atoms with Crippen LogP contribution >= 0.6 is 0 Å². The van der Waals surface area contributed by atoms with E-state index in [9.17, 15) is 19.5 Å². The third-order valence-corrected chi connectivity index (χ3v) is 10.6. The van der Waals surface area contributed by atoms with E-state index in [-0.39, 0.29) is 41.0 Å². The van der Waals surface area contributed by atoms with Gasteiger partial charge in [0.2, 0.25) is 6.29 Å². The van der Waals surface area contributed by atoms with Gasteiger partial charge in [-0.2, -0.15) is 0 Å². The average molecular weight is 497 g/mol. The van der Waals surface area contributed by atoms with Crippen molar-refractivity contribution < 1.29 is 29.0 Å². The number of fused-ring (bicyclic) bond motifs is 3. The normalized spacial score (nSPS) is 50.4. The first-order valence-electron chi connectivity index (χ1n) is 13.3. The van der Waals surface area contributed by atoms with Crippen molar-refractivity contribution in [2.24, 2.45) is 34.0 Å². The molecular weight excluding hydrogens is 456 g/mol. The fourth-order valence-corrected chi connectivity index (χ4v) is 8.63. The van der Waals surface area contributed by atoms with Crippen LogP contribution in [0.5, 0.6) is 0 Å². The first kappa shape index (κ1) is 25.6. The molecule has 2 heterocycles. The molecule has 0 aromatic rings. The summed E-state index contributed by atoms with van der Waals surface area (Å²) in [4.78, 5) is 41.5. The van der Waals surface area contributed by atoms with Crippen molar-refractivity contribution in [3.05, 3.63) is 36.1 Å². The summed E-state index contributed by atoms with van der Waals surface area (Å²) in [5, 5.41) is 11.3. The molecule has 0 amide bonds. The lowest BCUT2D eigenvalue weighted by molar-refractivity contribution is -0.195. The van der Waals surface area contributed by atoms with Crippen molar-refractivity contribution in [1.82, 2.24) is 0 Å². The van der Waals surface area contributed by atoms with Crippen LogP contribution in [0.1, 0.15) is 80.1 Å². The van der Waals surface area contributed by atoms with Crippen LogP contribution in [0.4, 0.5) is 0 Å². The molecule has 1 saturated heterocycles. The van der Waals surface area contributed by atoms with E-state index < -0.39 is 34.2 Å². The minimum atomic E-state index is -1.43. The third-order valence-electron chi connectivity index (χ3n) is 10.6. The predicted molar refractivity (Wildman–Crippen MR) is 135 cm³/mol. The van der Waals surface area contributed by atoms with Crippen LogP contribution in [0, 0.1) is 34.0 Å². The second-order valence-corrected chi connectivity index (χ2v) is 13.4. The molecule has 2 aliphatic heterocycles. The van der Waals surface area contributed by atoms with Crippen LogP contribution in [0.3, 0.4) is 0 Å². The number of Topliss-reactive ketones (excluding diaryl/α,β-unsaturated/α-hetero) is 3. The first-order chi connectivity index (χ1) is 16.5. The van der Waals surface area contributed by atoms with E-state index in [1.807, 2.05) is 20.8 Å². The van der Waals surface area contributed by atoms with Crippen LogP contribution in [-0.2, 0) is 23.9 Å². The van der Waals surface area contributed by atoms with E-state index in [0.29, 0.717) is 30.6 Å². The Bertz CT molecular complexity index is 1130. The Morgan fingerprint density at radius 3 is 2.36 bits per heavy atom. The zero-order valence-electron chi connectivity index (χ0n) is 22.5. The number of ether oxygens (including phenoxy) is 2. The SMILES string of the molecule is C=CC1(C)CC(=O)C2=C(OC3OC(C)(C4CC5C(C)(O)CCCC5(C)CC4=O)C(=O)C23C)C1C(=C)C. The molecule has 196 valence electrons. The standard InChI is InChI=1S/C30H40O6/c1-9-26(4)15-19(32)22-23(21(26)16(2)3)35-25-29(22,7)24(33)30(8,36-25)17-13-20-27(5,14-18(17)31)11-10-12-28(20,6)34/h9,17,20-21,25,34H,1-2,10-15H2,3-8H3. The van der Waals surface area contributed by atoms with Crippen molar-refractivity contribution in [2.75, 3.05) is 0 Å². The Hall–Kier alpha value is -2.05. The predicted octanol–water partition coefficient (Wildman–Crippen LogP) is 4.86. The van der Waals surface area contributed by atoms with Gasteiger partial charge in [-0.05, 0) is 58.3 Å². The van der Waals surface area contributed by atoms with Gasteiger partial charge in [0, 0.05) is 24.2 Å². The maximum atomic E-state index is 14.3. The summed E-state index contributed by atoms with van der Waals surface area (Å²) >= 11 is 0. The van der Waals surface area contributed by atoms with Gasteiger partial charge in [0.15, 0.2) is 11.6 Å². The second kappa shape index (κ2) is 7.50. The Kier molecular flexibility index (Phi) is 5.33. The lowest BCUT2D eigenvalue weighted by atomic mass is 9.51. The summed E-state index contributed by atoms with van der Waals surface area (Å²) in [7, 11) is 0. The van der Waals surface area contributed by atoms with Gasteiger partial charge in [0.25, 0.3) is 0 Å². The molecule has 5 aliphatic rings. The summed E-state index contributed by atoms with van der Waals surface area (Å²) in [6, 6.07) is 0. The first-order valence-corrected chi connectivity index (χ1v) is 13.3. The maximum Gasteiger partial charge on any atom is 0.217 e. The number of hydrogen-bond donors (Lipinski definition) is 1. The molecule has 5 rings (SSSR count). The molecule has 6 heteroatoms. The topological polar surface area (TPSA) is 89.9 Å². The third kappa shape index (κ3) is 3.06. The summed E-state index contributed by atoms with van der Waals surface area (Å²) in [5.74, 6) is -1.07. The highest BCUT2D eigenvalue weighted by molar-refractivity contribution is 6.11. The fraction of sp³-hybridized carbons (Fsp3) is 0.700. The van der Waals surface area contributed by atoms with E-state index in [1.165, 1.54) is 0 Å².